The maximum atomic E-state index is 9.71. The molecule has 4 nitrogen and oxygen atoms in total. The molecule has 0 amide bonds. The number of aliphatic hydroxyl groups excluding tert-OH is 1. The summed E-state index contributed by atoms with van der Waals surface area (Å²) in [6.45, 7) is 1.54. The normalized spacial score (nSPS) is 17.9. The summed E-state index contributed by atoms with van der Waals surface area (Å²) in [5, 5.41) is 9.71. The van der Waals surface area contributed by atoms with Crippen molar-refractivity contribution in [1.29, 1.82) is 0 Å². The van der Waals surface area contributed by atoms with Gasteiger partial charge < -0.3 is 15.4 Å². The molecule has 0 saturated carbocycles. The summed E-state index contributed by atoms with van der Waals surface area (Å²) in [4.78, 5) is 4.43. The van der Waals surface area contributed by atoms with Crippen LogP contribution in [0.3, 0.4) is 0 Å². The lowest BCUT2D eigenvalue weighted by molar-refractivity contribution is 0.166. The summed E-state index contributed by atoms with van der Waals surface area (Å²) in [5.74, 6) is 1.11. The third-order valence-electron chi connectivity index (χ3n) is 2.71. The Hall–Kier alpha value is -0.870. The molecule has 0 bridgehead atoms. The number of fused-ring (bicyclic) bond motifs is 1. The van der Waals surface area contributed by atoms with E-state index in [1.807, 2.05) is 6.20 Å². The molecule has 2 heterocycles. The van der Waals surface area contributed by atoms with Crippen molar-refractivity contribution < 1.29 is 5.11 Å². The highest BCUT2D eigenvalue weighted by Gasteiger charge is 2.16. The van der Waals surface area contributed by atoms with E-state index in [0.29, 0.717) is 13.0 Å². The zero-order chi connectivity index (χ0) is 9.97. The van der Waals surface area contributed by atoms with Gasteiger partial charge >= 0.3 is 0 Å². The Bertz CT molecular complexity index is 285. The molecule has 78 valence electrons. The molecule has 0 unspecified atom stereocenters. The highest BCUT2D eigenvalue weighted by atomic mass is 16.3. The largest absolute Gasteiger partial charge is 0.387 e. The smallest absolute Gasteiger partial charge is 0.109 e. The molecule has 4 heteroatoms. The fourth-order valence-electron chi connectivity index (χ4n) is 1.90. The number of nitrogens with zero attached hydrogens (tertiary/aromatic N) is 2. The third kappa shape index (κ3) is 1.81. The zero-order valence-corrected chi connectivity index (χ0v) is 8.32. The summed E-state index contributed by atoms with van der Waals surface area (Å²) < 4.78 is 2.15. The van der Waals surface area contributed by atoms with Gasteiger partial charge in [-0.15, -0.1) is 0 Å². The van der Waals surface area contributed by atoms with Crippen LogP contribution in [0.25, 0.3) is 0 Å². The second kappa shape index (κ2) is 4.11. The highest BCUT2D eigenvalue weighted by molar-refractivity contribution is 5.08. The lowest BCUT2D eigenvalue weighted by atomic mass is 10.2. The van der Waals surface area contributed by atoms with Crippen LogP contribution in [-0.2, 0) is 13.0 Å². The van der Waals surface area contributed by atoms with Gasteiger partial charge in [0.25, 0.3) is 0 Å². The maximum Gasteiger partial charge on any atom is 0.109 e. The predicted octanol–water partition coefficient (Wildman–Crippen LogP) is 0.602. The molecule has 14 heavy (non-hydrogen) atoms. The molecule has 2 rings (SSSR count). The van der Waals surface area contributed by atoms with Crippen molar-refractivity contribution in [2.75, 3.05) is 6.54 Å². The van der Waals surface area contributed by atoms with Crippen molar-refractivity contribution in [3.8, 4) is 0 Å². The quantitative estimate of drug-likeness (QED) is 0.742. The molecular formula is C10H17N3O. The second-order valence-corrected chi connectivity index (χ2v) is 3.83. The van der Waals surface area contributed by atoms with E-state index < -0.39 is 6.10 Å². The van der Waals surface area contributed by atoms with Gasteiger partial charge in [-0.25, -0.2) is 4.98 Å². The van der Waals surface area contributed by atoms with Crippen LogP contribution >= 0.6 is 0 Å². The Kier molecular flexibility index (Phi) is 2.84. The number of hydrogen-bond acceptors (Lipinski definition) is 3. The van der Waals surface area contributed by atoms with Crippen LogP contribution in [0, 0.1) is 0 Å². The van der Waals surface area contributed by atoms with Gasteiger partial charge in [0.05, 0.1) is 11.8 Å². The molecular weight excluding hydrogens is 178 g/mol. The van der Waals surface area contributed by atoms with Gasteiger partial charge in [-0.3, -0.25) is 0 Å². The summed E-state index contributed by atoms with van der Waals surface area (Å²) in [6, 6.07) is 0. The minimum atomic E-state index is -0.488. The van der Waals surface area contributed by atoms with Crippen LogP contribution in [0.2, 0.25) is 0 Å². The van der Waals surface area contributed by atoms with Gasteiger partial charge in [0, 0.05) is 19.2 Å². The average Bonchev–Trinajstić information content (AvgIpc) is 2.61. The average molecular weight is 195 g/mol. The van der Waals surface area contributed by atoms with Gasteiger partial charge in [0.2, 0.25) is 0 Å². The first kappa shape index (κ1) is 9.68. The fraction of sp³-hybridized carbons (Fsp3) is 0.700. The standard InChI is InChI=1S/C10H17N3O/c11-5-4-9(14)8-7-13-6-2-1-3-10(13)12-8/h7,9,14H,1-6,11H2/t9-/m1/s1. The molecule has 0 aliphatic carbocycles. The zero-order valence-electron chi connectivity index (χ0n) is 8.32. The van der Waals surface area contributed by atoms with Crippen LogP contribution < -0.4 is 5.73 Å². The Morgan fingerprint density at radius 2 is 2.43 bits per heavy atom. The van der Waals surface area contributed by atoms with E-state index in [-0.39, 0.29) is 0 Å². The molecule has 1 aliphatic rings. The molecule has 0 saturated heterocycles. The van der Waals surface area contributed by atoms with Crippen LogP contribution in [-0.4, -0.2) is 21.2 Å². The predicted molar refractivity (Wildman–Crippen MR) is 53.8 cm³/mol. The molecule has 1 atom stereocenters. The topological polar surface area (TPSA) is 64.1 Å². The Labute approximate surface area is 83.8 Å². The number of aryl methyl sites for hydroxylation is 2. The van der Waals surface area contributed by atoms with Crippen molar-refractivity contribution >= 4 is 0 Å². The first-order valence-electron chi connectivity index (χ1n) is 5.25. The molecule has 1 aromatic rings. The van der Waals surface area contributed by atoms with E-state index in [1.165, 1.54) is 12.8 Å². The van der Waals surface area contributed by atoms with Crippen molar-refractivity contribution in [1.82, 2.24) is 9.55 Å². The highest BCUT2D eigenvalue weighted by Crippen LogP contribution is 2.19. The van der Waals surface area contributed by atoms with Crippen LogP contribution in [0.4, 0.5) is 0 Å². The van der Waals surface area contributed by atoms with Crippen molar-refractivity contribution in [3.63, 3.8) is 0 Å². The van der Waals surface area contributed by atoms with Crippen molar-refractivity contribution in [2.24, 2.45) is 5.73 Å². The monoisotopic (exact) mass is 195 g/mol. The number of aliphatic hydroxyl groups is 1. The van der Waals surface area contributed by atoms with E-state index in [0.717, 1.165) is 24.5 Å². The number of aromatic nitrogens is 2. The molecule has 0 radical (unpaired) electrons. The fourth-order valence-corrected chi connectivity index (χ4v) is 1.90. The van der Waals surface area contributed by atoms with Crippen LogP contribution in [0.1, 0.15) is 36.9 Å². The van der Waals surface area contributed by atoms with Crippen molar-refractivity contribution in [2.45, 2.75) is 38.3 Å². The van der Waals surface area contributed by atoms with Crippen LogP contribution in [0.15, 0.2) is 6.20 Å². The summed E-state index contributed by atoms with van der Waals surface area (Å²) in [6.07, 6.45) is 5.54. The molecule has 0 spiro atoms. The van der Waals surface area contributed by atoms with Gasteiger partial charge in [-0.1, -0.05) is 0 Å². The first-order valence-corrected chi connectivity index (χ1v) is 5.25. The molecule has 0 fully saturated rings. The maximum absolute atomic E-state index is 9.71. The Balaban J connectivity index is 2.15. The summed E-state index contributed by atoms with van der Waals surface area (Å²) in [7, 11) is 0. The number of hydrogen-bond donors (Lipinski definition) is 2. The van der Waals surface area contributed by atoms with Crippen LogP contribution in [0.5, 0.6) is 0 Å². The van der Waals surface area contributed by atoms with E-state index in [9.17, 15) is 5.11 Å². The lowest BCUT2D eigenvalue weighted by Gasteiger charge is -2.11. The minimum Gasteiger partial charge on any atom is -0.387 e. The van der Waals surface area contributed by atoms with E-state index in [1.54, 1.807) is 0 Å². The van der Waals surface area contributed by atoms with Gasteiger partial charge in [0.15, 0.2) is 0 Å². The first-order chi connectivity index (χ1) is 6.81. The summed E-state index contributed by atoms with van der Waals surface area (Å²) >= 11 is 0. The van der Waals surface area contributed by atoms with E-state index >= 15 is 0 Å². The Morgan fingerprint density at radius 3 is 3.14 bits per heavy atom. The number of nitrogens with two attached hydrogens (primary N) is 1. The van der Waals surface area contributed by atoms with Gasteiger partial charge in [-0.05, 0) is 25.8 Å². The third-order valence-corrected chi connectivity index (χ3v) is 2.71. The number of rotatable bonds is 3. The molecule has 3 N–H and O–H groups in total. The van der Waals surface area contributed by atoms with Gasteiger partial charge in [0.1, 0.15) is 5.82 Å². The van der Waals surface area contributed by atoms with E-state index in [2.05, 4.69) is 9.55 Å². The SMILES string of the molecule is NCC[C@@H](O)c1cn2c(n1)CCCC2. The molecule has 1 aromatic heterocycles. The molecule has 1 aliphatic heterocycles. The minimum absolute atomic E-state index is 0.488. The lowest BCUT2D eigenvalue weighted by Crippen LogP contribution is -2.08. The van der Waals surface area contributed by atoms with Gasteiger partial charge in [-0.2, -0.15) is 0 Å². The Morgan fingerprint density at radius 1 is 1.57 bits per heavy atom. The van der Waals surface area contributed by atoms with E-state index in [4.69, 9.17) is 5.73 Å². The molecule has 0 aromatic carbocycles. The van der Waals surface area contributed by atoms with Crippen molar-refractivity contribution in [3.05, 3.63) is 17.7 Å². The number of imidazole rings is 1. The second-order valence-electron chi connectivity index (χ2n) is 3.83. The summed E-state index contributed by atoms with van der Waals surface area (Å²) in [5.41, 5.74) is 6.18.